The maximum atomic E-state index is 14.9. The number of fused-ring (bicyclic) bond motifs is 1. The highest BCUT2D eigenvalue weighted by molar-refractivity contribution is 5.63. The van der Waals surface area contributed by atoms with Gasteiger partial charge in [-0.25, -0.2) is 18.3 Å². The van der Waals surface area contributed by atoms with Gasteiger partial charge in [0.2, 0.25) is 0 Å². The monoisotopic (exact) mass is 477 g/mol. The number of nitrogens with zero attached hydrogens (tertiary/aromatic N) is 4. The van der Waals surface area contributed by atoms with Crippen molar-refractivity contribution in [3.63, 3.8) is 0 Å². The van der Waals surface area contributed by atoms with Crippen LogP contribution >= 0.6 is 0 Å². The Balaban J connectivity index is 1.49. The predicted octanol–water partition coefficient (Wildman–Crippen LogP) is 5.43. The molecule has 2 N–H and O–H groups in total. The second kappa shape index (κ2) is 9.70. The number of ether oxygens (including phenoxy) is 1. The van der Waals surface area contributed by atoms with E-state index in [4.69, 9.17) is 10.5 Å². The Morgan fingerprint density at radius 1 is 1.11 bits per heavy atom. The fourth-order valence-corrected chi connectivity index (χ4v) is 4.99. The third-order valence-corrected chi connectivity index (χ3v) is 6.54. The molecule has 6 nitrogen and oxygen atoms in total. The summed E-state index contributed by atoms with van der Waals surface area (Å²) >= 11 is 0. The first-order valence-corrected chi connectivity index (χ1v) is 12.1. The molecule has 2 atom stereocenters. The summed E-state index contributed by atoms with van der Waals surface area (Å²) in [6, 6.07) is 8.03. The van der Waals surface area contributed by atoms with Crippen molar-refractivity contribution < 1.29 is 13.5 Å². The molecule has 3 aromatic heterocycles. The summed E-state index contributed by atoms with van der Waals surface area (Å²) in [4.78, 5) is 8.90. The molecule has 5 rings (SSSR count). The smallest absolute Gasteiger partial charge is 0.139 e. The summed E-state index contributed by atoms with van der Waals surface area (Å²) in [6.45, 7) is 3.60. The fraction of sp³-hybridized carbons (Fsp3) is 0.370. The lowest BCUT2D eigenvalue weighted by atomic mass is 9.80. The van der Waals surface area contributed by atoms with Crippen molar-refractivity contribution in [1.29, 1.82) is 0 Å². The molecule has 3 heterocycles. The van der Waals surface area contributed by atoms with Crippen molar-refractivity contribution in [3.05, 3.63) is 77.5 Å². The Morgan fingerprint density at radius 3 is 2.66 bits per heavy atom. The maximum absolute atomic E-state index is 14.9. The number of nitrogens with two attached hydrogens (primary N) is 1. The van der Waals surface area contributed by atoms with Crippen molar-refractivity contribution in [2.45, 2.75) is 64.0 Å². The number of aromatic nitrogens is 4. The number of halogens is 2. The molecule has 8 heteroatoms. The van der Waals surface area contributed by atoms with E-state index >= 15 is 0 Å². The van der Waals surface area contributed by atoms with E-state index in [0.29, 0.717) is 18.2 Å². The van der Waals surface area contributed by atoms with Crippen LogP contribution in [-0.2, 0) is 6.42 Å². The van der Waals surface area contributed by atoms with E-state index < -0.39 is 11.6 Å². The van der Waals surface area contributed by atoms with E-state index in [0.717, 1.165) is 36.8 Å². The predicted molar refractivity (Wildman–Crippen MR) is 130 cm³/mol. The van der Waals surface area contributed by atoms with Gasteiger partial charge in [-0.2, -0.15) is 5.10 Å². The molecule has 1 saturated carbocycles. The highest BCUT2D eigenvalue weighted by Crippen LogP contribution is 2.34. The van der Waals surface area contributed by atoms with Gasteiger partial charge in [-0.1, -0.05) is 6.42 Å². The third-order valence-electron chi connectivity index (χ3n) is 6.54. The van der Waals surface area contributed by atoms with Crippen LogP contribution in [0.15, 0.2) is 48.9 Å². The maximum Gasteiger partial charge on any atom is 0.139 e. The van der Waals surface area contributed by atoms with Crippen LogP contribution in [0.4, 0.5) is 8.78 Å². The Morgan fingerprint density at radius 2 is 1.91 bits per heavy atom. The molecule has 4 aromatic rings. The lowest BCUT2D eigenvalue weighted by molar-refractivity contribution is 0.240. The molecule has 0 aliphatic heterocycles. The zero-order valence-corrected chi connectivity index (χ0v) is 19.9. The Kier molecular flexibility index (Phi) is 6.47. The van der Waals surface area contributed by atoms with Gasteiger partial charge < -0.3 is 10.5 Å². The molecule has 1 aliphatic rings. The molecule has 35 heavy (non-hydrogen) atoms. The van der Waals surface area contributed by atoms with Crippen molar-refractivity contribution in [2.75, 3.05) is 0 Å². The molecule has 0 bridgehead atoms. The van der Waals surface area contributed by atoms with Crippen LogP contribution in [0.3, 0.4) is 0 Å². The normalized spacial score (nSPS) is 18.3. The van der Waals surface area contributed by atoms with Crippen LogP contribution in [0.5, 0.6) is 5.75 Å². The number of hydrogen-bond acceptors (Lipinski definition) is 5. The van der Waals surface area contributed by atoms with Gasteiger partial charge in [-0.05, 0) is 68.4 Å². The second-order valence-corrected chi connectivity index (χ2v) is 9.53. The first kappa shape index (κ1) is 23.4. The van der Waals surface area contributed by atoms with Gasteiger partial charge in [0, 0.05) is 37.0 Å². The summed E-state index contributed by atoms with van der Waals surface area (Å²) in [7, 11) is 0. The minimum atomic E-state index is -0.725. The van der Waals surface area contributed by atoms with E-state index in [-0.39, 0.29) is 29.2 Å². The van der Waals surface area contributed by atoms with Crippen LogP contribution < -0.4 is 10.5 Å². The van der Waals surface area contributed by atoms with E-state index in [1.165, 1.54) is 17.7 Å². The first-order valence-electron chi connectivity index (χ1n) is 12.1. The van der Waals surface area contributed by atoms with Gasteiger partial charge in [0.15, 0.2) is 0 Å². The quantitative estimate of drug-likeness (QED) is 0.401. The highest BCUT2D eigenvalue weighted by Gasteiger charge is 2.24. The topological polar surface area (TPSA) is 78.3 Å². The lowest BCUT2D eigenvalue weighted by Gasteiger charge is -2.28. The van der Waals surface area contributed by atoms with E-state index in [2.05, 4.69) is 21.1 Å². The van der Waals surface area contributed by atoms with E-state index in [1.54, 1.807) is 36.7 Å². The second-order valence-electron chi connectivity index (χ2n) is 9.53. The van der Waals surface area contributed by atoms with Gasteiger partial charge in [0.25, 0.3) is 0 Å². The SMILES string of the molecule is CC(C)Oc1cc(F)c(-c2ccc3cnc(Cc4cnccc4[C@@H]4CCC[C@H](N)C4)n3n2)c(F)c1. The summed E-state index contributed by atoms with van der Waals surface area (Å²) < 4.78 is 36.9. The number of hydrogen-bond donors (Lipinski definition) is 1. The summed E-state index contributed by atoms with van der Waals surface area (Å²) in [5.74, 6) is -0.234. The highest BCUT2D eigenvalue weighted by atomic mass is 19.1. The summed E-state index contributed by atoms with van der Waals surface area (Å²) in [6.07, 6.45) is 9.95. The number of imidazole rings is 1. The summed E-state index contributed by atoms with van der Waals surface area (Å²) in [5, 5.41) is 4.56. The van der Waals surface area contributed by atoms with E-state index in [1.807, 2.05) is 12.4 Å². The lowest BCUT2D eigenvalue weighted by Crippen LogP contribution is -2.27. The number of benzene rings is 1. The third kappa shape index (κ3) is 4.89. The van der Waals surface area contributed by atoms with Gasteiger partial charge >= 0.3 is 0 Å². The Bertz CT molecular complexity index is 1330. The number of pyridine rings is 1. The van der Waals surface area contributed by atoms with Crippen molar-refractivity contribution in [1.82, 2.24) is 19.6 Å². The summed E-state index contributed by atoms with van der Waals surface area (Å²) in [5.41, 5.74) is 9.29. The minimum absolute atomic E-state index is 0.148. The molecule has 182 valence electrons. The van der Waals surface area contributed by atoms with Crippen molar-refractivity contribution in [3.8, 4) is 17.0 Å². The van der Waals surface area contributed by atoms with Gasteiger partial charge in [0.05, 0.1) is 29.1 Å². The molecular formula is C27H29F2N5O. The van der Waals surface area contributed by atoms with Gasteiger partial charge in [0.1, 0.15) is 23.2 Å². The molecule has 0 unspecified atom stereocenters. The van der Waals surface area contributed by atoms with Crippen LogP contribution in [0.2, 0.25) is 0 Å². The Labute approximate surface area is 203 Å². The molecule has 0 amide bonds. The average molecular weight is 478 g/mol. The van der Waals surface area contributed by atoms with Crippen LogP contribution in [0, 0.1) is 11.6 Å². The first-order chi connectivity index (χ1) is 16.9. The van der Waals surface area contributed by atoms with Crippen LogP contribution in [-0.4, -0.2) is 31.7 Å². The largest absolute Gasteiger partial charge is 0.491 e. The molecule has 1 aliphatic carbocycles. The molecule has 0 spiro atoms. The zero-order chi connectivity index (χ0) is 24.5. The minimum Gasteiger partial charge on any atom is -0.491 e. The van der Waals surface area contributed by atoms with Crippen LogP contribution in [0.1, 0.15) is 62.4 Å². The zero-order valence-electron chi connectivity index (χ0n) is 19.9. The van der Waals surface area contributed by atoms with Crippen molar-refractivity contribution >= 4 is 5.52 Å². The molecule has 0 saturated heterocycles. The van der Waals surface area contributed by atoms with Gasteiger partial charge in [-0.15, -0.1) is 0 Å². The molecule has 1 fully saturated rings. The Hall–Kier alpha value is -3.39. The van der Waals surface area contributed by atoms with Crippen LogP contribution in [0.25, 0.3) is 16.8 Å². The van der Waals surface area contributed by atoms with Gasteiger partial charge in [-0.3, -0.25) is 4.98 Å². The molecule has 0 radical (unpaired) electrons. The number of rotatable bonds is 6. The molecule has 1 aromatic carbocycles. The standard InChI is InChI=1S/C27H29F2N5O/c1-16(2)35-21-12-23(28)27(24(29)13-21)25-7-6-20-15-32-26(34(20)33-25)11-18-14-31-9-8-22(18)17-4-3-5-19(30)10-17/h6-9,12-17,19H,3-5,10-11,30H2,1-2H3/t17-,19+/m1/s1. The van der Waals surface area contributed by atoms with Crippen molar-refractivity contribution in [2.24, 2.45) is 5.73 Å². The fourth-order valence-electron chi connectivity index (χ4n) is 4.99. The average Bonchev–Trinajstić information content (AvgIpc) is 3.21. The molecular weight excluding hydrogens is 448 g/mol. The van der Waals surface area contributed by atoms with E-state index in [9.17, 15) is 8.78 Å².